The average Bonchev–Trinajstić information content (AvgIpc) is 3.22. The lowest BCUT2D eigenvalue weighted by Gasteiger charge is -2.22. The Kier molecular flexibility index (Phi) is 8.11. The van der Waals surface area contributed by atoms with Crippen molar-refractivity contribution in [1.29, 1.82) is 0 Å². The van der Waals surface area contributed by atoms with Crippen molar-refractivity contribution in [1.82, 2.24) is 9.97 Å². The van der Waals surface area contributed by atoms with Crippen LogP contribution in [-0.4, -0.2) is 27.4 Å². The molecule has 11 heteroatoms. The molecule has 1 fully saturated rings. The fourth-order valence-electron chi connectivity index (χ4n) is 4.03. The van der Waals surface area contributed by atoms with Crippen molar-refractivity contribution in [2.45, 2.75) is 63.6 Å². The summed E-state index contributed by atoms with van der Waals surface area (Å²) in [6.07, 6.45) is 1.41. The smallest absolute Gasteiger partial charge is 0.386 e. The molecular weight excluding hydrogens is 481 g/mol. The lowest BCUT2D eigenvalue weighted by molar-refractivity contribution is -0.141. The highest BCUT2D eigenvalue weighted by Gasteiger charge is 2.33. The number of carbonyl (C=O) groups is 2. The van der Waals surface area contributed by atoms with Gasteiger partial charge in [0.25, 0.3) is 5.91 Å². The first-order valence-corrected chi connectivity index (χ1v) is 11.9. The van der Waals surface area contributed by atoms with Crippen molar-refractivity contribution in [2.24, 2.45) is 5.73 Å². The molecule has 35 heavy (non-hydrogen) atoms. The van der Waals surface area contributed by atoms with E-state index in [2.05, 4.69) is 16.0 Å². The summed E-state index contributed by atoms with van der Waals surface area (Å²) < 4.78 is 39.8. The molecule has 0 bridgehead atoms. The van der Waals surface area contributed by atoms with Crippen LogP contribution in [0.3, 0.4) is 0 Å². The number of nitrogens with zero attached hydrogens (tertiary/aromatic N) is 2. The maximum Gasteiger partial charge on any atom is 0.433 e. The van der Waals surface area contributed by atoms with Gasteiger partial charge in [-0.3, -0.25) is 9.59 Å². The van der Waals surface area contributed by atoms with Gasteiger partial charge in [0.15, 0.2) is 0 Å². The van der Waals surface area contributed by atoms with Crippen LogP contribution >= 0.6 is 11.3 Å². The number of aromatic nitrogens is 2. The Morgan fingerprint density at radius 3 is 2.43 bits per heavy atom. The third-order valence-corrected chi connectivity index (χ3v) is 6.86. The van der Waals surface area contributed by atoms with Crippen LogP contribution in [0.25, 0.3) is 10.2 Å². The summed E-state index contributed by atoms with van der Waals surface area (Å²) in [5.41, 5.74) is 2.88. The average molecular weight is 509 g/mol. The first kappa shape index (κ1) is 26.6. The lowest BCUT2D eigenvalue weighted by atomic mass is 9.90. The van der Waals surface area contributed by atoms with Gasteiger partial charge in [0.05, 0.1) is 20.8 Å². The summed E-state index contributed by atoms with van der Waals surface area (Å²) in [7, 11) is 0. The Balaban J connectivity index is 0.00000108. The first-order valence-electron chi connectivity index (χ1n) is 11.1. The van der Waals surface area contributed by atoms with Crippen molar-refractivity contribution in [3.8, 4) is 0 Å². The zero-order valence-corrected chi connectivity index (χ0v) is 20.2. The molecule has 0 radical (unpaired) electrons. The topological polar surface area (TPSA) is 118 Å². The van der Waals surface area contributed by atoms with E-state index in [0.29, 0.717) is 17.2 Å². The molecule has 4 rings (SSSR count). The van der Waals surface area contributed by atoms with Crippen LogP contribution in [0, 0.1) is 0 Å². The Labute approximate surface area is 204 Å². The molecule has 2 amide bonds. The molecule has 0 atom stereocenters. The summed E-state index contributed by atoms with van der Waals surface area (Å²) in [5, 5.41) is 14.4. The van der Waals surface area contributed by atoms with Crippen molar-refractivity contribution >= 4 is 39.6 Å². The summed E-state index contributed by atoms with van der Waals surface area (Å²) in [5.74, 6) is -0.364. The fraction of sp³-hybridized carbons (Fsp3) is 0.417. The zero-order valence-electron chi connectivity index (χ0n) is 19.4. The largest absolute Gasteiger partial charge is 0.433 e. The molecule has 0 unspecified atom stereocenters. The van der Waals surface area contributed by atoms with Gasteiger partial charge in [-0.25, -0.2) is 9.97 Å². The molecule has 2 heterocycles. The number of pyridine rings is 1. The van der Waals surface area contributed by atoms with Gasteiger partial charge in [0, 0.05) is 17.2 Å². The first-order chi connectivity index (χ1) is 16.4. The van der Waals surface area contributed by atoms with Gasteiger partial charge in [-0.05, 0) is 51.0 Å². The van der Waals surface area contributed by atoms with Gasteiger partial charge in [-0.2, -0.15) is 13.2 Å². The lowest BCUT2D eigenvalue weighted by Crippen LogP contribution is -2.22. The monoisotopic (exact) mass is 508 g/mol. The summed E-state index contributed by atoms with van der Waals surface area (Å²) >= 11 is 1.56. The van der Waals surface area contributed by atoms with Crippen LogP contribution in [0.5, 0.6) is 0 Å². The van der Waals surface area contributed by atoms with Gasteiger partial charge >= 0.3 is 6.18 Å². The molecule has 2 aromatic heterocycles. The molecule has 1 aromatic carbocycles. The van der Waals surface area contributed by atoms with Crippen molar-refractivity contribution in [3.63, 3.8) is 0 Å². The molecule has 0 saturated heterocycles. The number of thiazole rings is 1. The standard InChI is InChI=1S/C23H24F3N3O2S.CH3NO/c1-22(2,31)14-11-17-18(32-21(29-17)13-7-4-3-5-8-13)12-16(14)28-20(30)15-9-6-10-19(27-15)23(24,25)26;2-1-3/h6,9-13,31H,3-5,7-8H2,1-2H3,(H,28,30);1H,(H2,2,3). The number of rotatable bonds is 4. The van der Waals surface area contributed by atoms with E-state index in [1.807, 2.05) is 0 Å². The predicted octanol–water partition coefficient (Wildman–Crippen LogP) is 5.34. The second-order valence-corrected chi connectivity index (χ2v) is 9.87. The summed E-state index contributed by atoms with van der Waals surface area (Å²) in [4.78, 5) is 29.5. The number of hydrogen-bond acceptors (Lipinski definition) is 6. The Morgan fingerprint density at radius 1 is 1.17 bits per heavy atom. The minimum absolute atomic E-state index is 0.250. The molecular formula is C24H27F3N4O3S. The number of halogens is 3. The maximum absolute atomic E-state index is 13.0. The maximum atomic E-state index is 13.0. The van der Waals surface area contributed by atoms with E-state index < -0.39 is 23.4 Å². The quantitative estimate of drug-likeness (QED) is 0.411. The number of alkyl halides is 3. The van der Waals surface area contributed by atoms with Gasteiger partial charge in [0.2, 0.25) is 6.41 Å². The Bertz CT molecular complexity index is 1200. The fourth-order valence-corrected chi connectivity index (χ4v) is 5.19. The number of benzene rings is 1. The van der Waals surface area contributed by atoms with Crippen LogP contribution in [0.1, 0.15) is 78.6 Å². The summed E-state index contributed by atoms with van der Waals surface area (Å²) in [6, 6.07) is 6.66. The van der Waals surface area contributed by atoms with Gasteiger partial charge in [0.1, 0.15) is 11.4 Å². The number of amides is 2. The molecule has 0 aliphatic heterocycles. The molecule has 4 N–H and O–H groups in total. The van der Waals surface area contributed by atoms with Crippen molar-refractivity contribution < 1.29 is 27.9 Å². The molecule has 0 spiro atoms. The van der Waals surface area contributed by atoms with E-state index in [-0.39, 0.29) is 12.1 Å². The molecule has 3 aromatic rings. The normalized spacial score (nSPS) is 14.8. The van der Waals surface area contributed by atoms with Crippen LogP contribution < -0.4 is 11.1 Å². The van der Waals surface area contributed by atoms with E-state index in [9.17, 15) is 23.1 Å². The van der Waals surface area contributed by atoms with Crippen molar-refractivity contribution in [2.75, 3.05) is 5.32 Å². The highest BCUT2D eigenvalue weighted by molar-refractivity contribution is 7.18. The number of hydrogen-bond donors (Lipinski definition) is 3. The van der Waals surface area contributed by atoms with E-state index >= 15 is 0 Å². The Hall–Kier alpha value is -3.05. The third kappa shape index (κ3) is 6.55. The van der Waals surface area contributed by atoms with Crippen LogP contribution in [-0.2, 0) is 16.6 Å². The van der Waals surface area contributed by atoms with E-state index in [0.717, 1.165) is 40.2 Å². The second kappa shape index (κ2) is 10.7. The molecule has 1 saturated carbocycles. The number of fused-ring (bicyclic) bond motifs is 1. The van der Waals surface area contributed by atoms with E-state index in [1.54, 1.807) is 37.3 Å². The number of nitrogens with one attached hydrogen (secondary N) is 1. The van der Waals surface area contributed by atoms with Crippen molar-refractivity contribution in [3.05, 3.63) is 52.3 Å². The van der Waals surface area contributed by atoms with Gasteiger partial charge in [-0.15, -0.1) is 11.3 Å². The molecule has 1 aliphatic rings. The number of aliphatic hydroxyl groups is 1. The van der Waals surface area contributed by atoms with Gasteiger partial charge in [-0.1, -0.05) is 25.3 Å². The number of carbonyl (C=O) groups excluding carboxylic acids is 2. The zero-order chi connectivity index (χ0) is 25.8. The number of anilines is 1. The third-order valence-electron chi connectivity index (χ3n) is 5.68. The molecule has 1 aliphatic carbocycles. The highest BCUT2D eigenvalue weighted by Crippen LogP contribution is 2.40. The van der Waals surface area contributed by atoms with Crippen LogP contribution in [0.15, 0.2) is 30.3 Å². The van der Waals surface area contributed by atoms with Gasteiger partial charge < -0.3 is 16.2 Å². The minimum atomic E-state index is -4.65. The summed E-state index contributed by atoms with van der Waals surface area (Å²) in [6.45, 7) is 3.17. The highest BCUT2D eigenvalue weighted by atomic mass is 32.1. The van der Waals surface area contributed by atoms with E-state index in [1.165, 1.54) is 25.3 Å². The van der Waals surface area contributed by atoms with Crippen LogP contribution in [0.2, 0.25) is 0 Å². The second-order valence-electron chi connectivity index (χ2n) is 8.81. The van der Waals surface area contributed by atoms with Crippen LogP contribution in [0.4, 0.5) is 18.9 Å². The Morgan fingerprint density at radius 2 is 1.83 bits per heavy atom. The molecule has 7 nitrogen and oxygen atoms in total. The number of nitrogens with two attached hydrogens (primary N) is 1. The number of primary amides is 1. The van der Waals surface area contributed by atoms with E-state index in [4.69, 9.17) is 9.78 Å². The minimum Gasteiger partial charge on any atom is -0.386 e. The molecule has 188 valence electrons. The predicted molar refractivity (Wildman–Crippen MR) is 128 cm³/mol. The SMILES string of the molecule is CC(C)(O)c1cc2nc(C3CCCCC3)sc2cc1NC(=O)c1cccc(C(F)(F)F)n1.NC=O.